The molecule has 1 aliphatic carbocycles. The summed E-state index contributed by atoms with van der Waals surface area (Å²) in [5, 5.41) is 0.770. The Labute approximate surface area is 204 Å². The van der Waals surface area contributed by atoms with Gasteiger partial charge in [0.05, 0.1) is 0 Å². The highest BCUT2D eigenvalue weighted by atomic mass is 35.5. The smallest absolute Gasteiger partial charge is 0.131 e. The van der Waals surface area contributed by atoms with Gasteiger partial charge in [-0.3, -0.25) is 0 Å². The molecule has 1 fully saturated rings. The van der Waals surface area contributed by atoms with Crippen LogP contribution in [0.2, 0.25) is 5.02 Å². The normalized spacial score (nSPS) is 18.4. The van der Waals surface area contributed by atoms with Gasteiger partial charge in [0.2, 0.25) is 0 Å². The van der Waals surface area contributed by atoms with Crippen LogP contribution in [-0.4, -0.2) is 0 Å². The van der Waals surface area contributed by atoms with Gasteiger partial charge in [0.1, 0.15) is 5.82 Å². The summed E-state index contributed by atoms with van der Waals surface area (Å²) >= 11 is 5.97. The maximum absolute atomic E-state index is 15.1. The van der Waals surface area contributed by atoms with Crippen molar-refractivity contribution in [2.75, 3.05) is 0 Å². The van der Waals surface area contributed by atoms with Crippen LogP contribution in [0.15, 0.2) is 66.7 Å². The Morgan fingerprint density at radius 1 is 0.788 bits per heavy atom. The minimum Gasteiger partial charge on any atom is -0.206 e. The average molecular weight is 463 g/mol. The third-order valence-electron chi connectivity index (χ3n) is 7.41. The van der Waals surface area contributed by atoms with Gasteiger partial charge in [-0.2, -0.15) is 0 Å². The molecule has 0 atom stereocenters. The Kier molecular flexibility index (Phi) is 8.62. The van der Waals surface area contributed by atoms with Crippen LogP contribution in [-0.2, 0) is 12.8 Å². The van der Waals surface area contributed by atoms with Crippen molar-refractivity contribution < 1.29 is 4.39 Å². The Hall–Kier alpha value is -2.12. The molecule has 0 N–H and O–H groups in total. The minimum absolute atomic E-state index is 0.0912. The van der Waals surface area contributed by atoms with Crippen LogP contribution < -0.4 is 0 Å². The van der Waals surface area contributed by atoms with E-state index in [1.165, 1.54) is 68.1 Å². The average Bonchev–Trinajstić information content (AvgIpc) is 2.85. The standard InChI is InChI=1S/C31H36ClF/c1-2-3-4-5-23-8-14-26(15-9-23)28-18-21-30(31(33)22-28)27-16-10-24(11-17-27)6-7-25-12-19-29(32)20-13-25/h10-13,16-23,26H,2-9,14-15H2,1H3. The zero-order chi connectivity index (χ0) is 23.0. The minimum atomic E-state index is -0.0912. The van der Waals surface area contributed by atoms with Gasteiger partial charge < -0.3 is 0 Å². The second kappa shape index (κ2) is 11.8. The van der Waals surface area contributed by atoms with Gasteiger partial charge >= 0.3 is 0 Å². The summed E-state index contributed by atoms with van der Waals surface area (Å²) in [6.45, 7) is 2.27. The number of benzene rings is 3. The molecule has 2 heteroatoms. The fraction of sp³-hybridized carbons (Fsp3) is 0.419. The van der Waals surface area contributed by atoms with Crippen molar-refractivity contribution in [3.05, 3.63) is 94.3 Å². The van der Waals surface area contributed by atoms with E-state index in [1.54, 1.807) is 6.07 Å². The van der Waals surface area contributed by atoms with E-state index in [4.69, 9.17) is 11.6 Å². The van der Waals surface area contributed by atoms with Gasteiger partial charge in [-0.15, -0.1) is 0 Å². The van der Waals surface area contributed by atoms with Gasteiger partial charge in [-0.05, 0) is 90.8 Å². The molecule has 3 aromatic carbocycles. The molecule has 0 bridgehead atoms. The first-order valence-electron chi connectivity index (χ1n) is 12.8. The van der Waals surface area contributed by atoms with Crippen molar-refractivity contribution in [3.63, 3.8) is 0 Å². The molecule has 0 amide bonds. The lowest BCUT2D eigenvalue weighted by Crippen LogP contribution is -2.13. The molecule has 0 aromatic heterocycles. The number of unbranched alkanes of at least 4 members (excludes halogenated alkanes) is 2. The molecule has 0 unspecified atom stereocenters. The van der Waals surface area contributed by atoms with Crippen molar-refractivity contribution >= 4 is 11.6 Å². The van der Waals surface area contributed by atoms with Gasteiger partial charge in [0.25, 0.3) is 0 Å². The van der Waals surface area contributed by atoms with E-state index in [-0.39, 0.29) is 5.82 Å². The predicted molar refractivity (Wildman–Crippen MR) is 140 cm³/mol. The summed E-state index contributed by atoms with van der Waals surface area (Å²) in [6, 6.07) is 22.3. The molecular weight excluding hydrogens is 427 g/mol. The predicted octanol–water partition coefficient (Wildman–Crippen LogP) is 9.79. The second-order valence-corrected chi connectivity index (χ2v) is 10.2. The lowest BCUT2D eigenvalue weighted by atomic mass is 9.77. The third kappa shape index (κ3) is 6.70. The summed E-state index contributed by atoms with van der Waals surface area (Å²) in [7, 11) is 0. The van der Waals surface area contributed by atoms with Crippen LogP contribution in [0, 0.1) is 11.7 Å². The molecule has 1 aliphatic rings. The zero-order valence-corrected chi connectivity index (χ0v) is 20.6. The first kappa shape index (κ1) is 24.0. The highest BCUT2D eigenvalue weighted by Gasteiger charge is 2.23. The summed E-state index contributed by atoms with van der Waals surface area (Å²) in [5.74, 6) is 1.31. The summed E-state index contributed by atoms with van der Waals surface area (Å²) in [5.41, 5.74) is 5.38. The quantitative estimate of drug-likeness (QED) is 0.277. The van der Waals surface area contributed by atoms with Crippen molar-refractivity contribution in [1.29, 1.82) is 0 Å². The maximum atomic E-state index is 15.1. The highest BCUT2D eigenvalue weighted by molar-refractivity contribution is 6.30. The third-order valence-corrected chi connectivity index (χ3v) is 7.66. The zero-order valence-electron chi connectivity index (χ0n) is 19.8. The van der Waals surface area contributed by atoms with E-state index < -0.39 is 0 Å². The van der Waals surface area contributed by atoms with Crippen molar-refractivity contribution in [2.45, 2.75) is 77.0 Å². The Morgan fingerprint density at radius 2 is 1.42 bits per heavy atom. The first-order chi connectivity index (χ1) is 16.1. The van der Waals surface area contributed by atoms with Crippen LogP contribution in [0.5, 0.6) is 0 Å². The second-order valence-electron chi connectivity index (χ2n) is 9.78. The monoisotopic (exact) mass is 462 g/mol. The molecule has 0 nitrogen and oxygen atoms in total. The maximum Gasteiger partial charge on any atom is 0.131 e. The largest absolute Gasteiger partial charge is 0.206 e. The van der Waals surface area contributed by atoms with Crippen molar-refractivity contribution in [2.24, 2.45) is 5.92 Å². The number of halogens is 2. The Balaban J connectivity index is 1.33. The lowest BCUT2D eigenvalue weighted by Gasteiger charge is -2.29. The number of hydrogen-bond acceptors (Lipinski definition) is 0. The van der Waals surface area contributed by atoms with Gasteiger partial charge in [-0.1, -0.05) is 92.7 Å². The molecular formula is C31H36ClF. The van der Waals surface area contributed by atoms with Crippen molar-refractivity contribution in [1.82, 2.24) is 0 Å². The SMILES string of the molecule is CCCCCC1CCC(c2ccc(-c3ccc(CCc4ccc(Cl)cc4)cc3)c(F)c2)CC1. The molecule has 4 rings (SSSR count). The van der Waals surface area contributed by atoms with Crippen LogP contribution in [0.25, 0.3) is 11.1 Å². The molecule has 33 heavy (non-hydrogen) atoms. The summed E-state index contributed by atoms with van der Waals surface area (Å²) in [6.07, 6.45) is 12.4. The first-order valence-corrected chi connectivity index (χ1v) is 13.1. The number of rotatable bonds is 9. The Bertz CT molecular complexity index is 998. The highest BCUT2D eigenvalue weighted by Crippen LogP contribution is 2.39. The molecule has 0 saturated heterocycles. The Morgan fingerprint density at radius 3 is 2.03 bits per heavy atom. The molecule has 174 valence electrons. The number of aryl methyl sites for hydroxylation is 2. The fourth-order valence-electron chi connectivity index (χ4n) is 5.28. The van der Waals surface area contributed by atoms with E-state index >= 15 is 4.39 Å². The summed E-state index contributed by atoms with van der Waals surface area (Å²) < 4.78 is 15.1. The van der Waals surface area contributed by atoms with Crippen LogP contribution in [0.1, 0.15) is 80.9 Å². The lowest BCUT2D eigenvalue weighted by molar-refractivity contribution is 0.302. The van der Waals surface area contributed by atoms with E-state index in [0.717, 1.165) is 29.3 Å². The molecule has 0 heterocycles. The topological polar surface area (TPSA) is 0 Å². The fourth-order valence-corrected chi connectivity index (χ4v) is 5.40. The molecule has 0 aliphatic heterocycles. The molecule has 3 aromatic rings. The van der Waals surface area contributed by atoms with Gasteiger partial charge in [0, 0.05) is 10.6 Å². The molecule has 1 saturated carbocycles. The van der Waals surface area contributed by atoms with E-state index in [0.29, 0.717) is 11.5 Å². The van der Waals surface area contributed by atoms with Gasteiger partial charge in [0.15, 0.2) is 0 Å². The van der Waals surface area contributed by atoms with Crippen LogP contribution >= 0.6 is 11.6 Å². The van der Waals surface area contributed by atoms with E-state index in [2.05, 4.69) is 49.4 Å². The van der Waals surface area contributed by atoms with E-state index in [1.807, 2.05) is 18.2 Å². The molecule has 0 spiro atoms. The molecule has 0 radical (unpaired) electrons. The van der Waals surface area contributed by atoms with Crippen LogP contribution in [0.4, 0.5) is 4.39 Å². The van der Waals surface area contributed by atoms with E-state index in [9.17, 15) is 0 Å². The van der Waals surface area contributed by atoms with Gasteiger partial charge in [-0.25, -0.2) is 4.39 Å². The van der Waals surface area contributed by atoms with Crippen LogP contribution in [0.3, 0.4) is 0 Å². The summed E-state index contributed by atoms with van der Waals surface area (Å²) in [4.78, 5) is 0. The van der Waals surface area contributed by atoms with Crippen molar-refractivity contribution in [3.8, 4) is 11.1 Å². The number of hydrogen-bond donors (Lipinski definition) is 0.